The fourth-order valence-electron chi connectivity index (χ4n) is 3.83. The topological polar surface area (TPSA) is 66.9 Å². The van der Waals surface area contributed by atoms with E-state index >= 15 is 0 Å². The predicted octanol–water partition coefficient (Wildman–Crippen LogP) is 3.40. The maximum atomic E-state index is 14.1. The van der Waals surface area contributed by atoms with Gasteiger partial charge in [0.1, 0.15) is 22.8 Å². The number of anilines is 1. The number of fused-ring (bicyclic) bond motifs is 1. The van der Waals surface area contributed by atoms with Gasteiger partial charge in [0.25, 0.3) is 5.91 Å². The summed E-state index contributed by atoms with van der Waals surface area (Å²) in [6, 6.07) is 12.3. The Kier molecular flexibility index (Phi) is 4.46. The van der Waals surface area contributed by atoms with Crippen molar-refractivity contribution in [1.29, 1.82) is 0 Å². The second-order valence-electron chi connectivity index (χ2n) is 7.26. The van der Waals surface area contributed by atoms with Crippen LogP contribution < -0.4 is 4.90 Å². The van der Waals surface area contributed by atoms with Crippen LogP contribution in [0.4, 0.5) is 10.1 Å². The first kappa shape index (κ1) is 18.4. The van der Waals surface area contributed by atoms with Gasteiger partial charge in [-0.1, -0.05) is 12.1 Å². The maximum absolute atomic E-state index is 14.1. The van der Waals surface area contributed by atoms with E-state index in [-0.39, 0.29) is 11.7 Å². The van der Waals surface area contributed by atoms with Crippen LogP contribution in [-0.2, 0) is 0 Å². The van der Waals surface area contributed by atoms with Gasteiger partial charge in [0, 0.05) is 32.4 Å². The molecule has 7 nitrogen and oxygen atoms in total. The number of para-hydroxylation sites is 1. The number of carbonyl (C=O) groups excluding carboxylic acids is 1. The van der Waals surface area contributed by atoms with Crippen molar-refractivity contribution < 1.29 is 13.6 Å². The average molecular weight is 405 g/mol. The molecule has 0 N–H and O–H groups in total. The highest BCUT2D eigenvalue weighted by Crippen LogP contribution is 2.24. The van der Waals surface area contributed by atoms with Gasteiger partial charge in [-0.3, -0.25) is 4.79 Å². The number of amides is 1. The van der Waals surface area contributed by atoms with Crippen LogP contribution in [0.2, 0.25) is 0 Å². The molecule has 1 saturated heterocycles. The lowest BCUT2D eigenvalue weighted by atomic mass is 10.2. The number of carbonyl (C=O) groups is 1. The molecule has 4 aromatic rings. The van der Waals surface area contributed by atoms with Gasteiger partial charge in [0.05, 0.1) is 11.9 Å². The highest BCUT2D eigenvalue weighted by Gasteiger charge is 2.26. The molecular weight excluding hydrogens is 385 g/mol. The summed E-state index contributed by atoms with van der Waals surface area (Å²) in [7, 11) is 0. The van der Waals surface area contributed by atoms with E-state index in [1.54, 1.807) is 40.0 Å². The lowest BCUT2D eigenvalue weighted by Gasteiger charge is -2.36. The molecule has 0 atom stereocenters. The molecule has 1 aromatic carbocycles. The molecular formula is C22H20FN5O2. The Labute approximate surface area is 172 Å². The Morgan fingerprint density at radius 1 is 1.07 bits per heavy atom. The van der Waals surface area contributed by atoms with Gasteiger partial charge in [0.2, 0.25) is 0 Å². The van der Waals surface area contributed by atoms with E-state index in [1.807, 2.05) is 30.0 Å². The molecule has 0 spiro atoms. The second-order valence-corrected chi connectivity index (χ2v) is 7.26. The molecule has 4 heterocycles. The Morgan fingerprint density at radius 3 is 2.60 bits per heavy atom. The van der Waals surface area contributed by atoms with E-state index < -0.39 is 0 Å². The minimum atomic E-state index is -0.246. The number of aryl methyl sites for hydroxylation is 1. The van der Waals surface area contributed by atoms with Gasteiger partial charge >= 0.3 is 0 Å². The molecule has 1 aliphatic heterocycles. The number of halogens is 1. The van der Waals surface area contributed by atoms with E-state index in [9.17, 15) is 9.18 Å². The monoisotopic (exact) mass is 405 g/mol. The molecule has 1 amide bonds. The number of benzene rings is 1. The molecule has 0 saturated carbocycles. The minimum Gasteiger partial charge on any atom is -0.460 e. The van der Waals surface area contributed by atoms with Crippen molar-refractivity contribution in [2.45, 2.75) is 6.92 Å². The van der Waals surface area contributed by atoms with E-state index in [0.717, 1.165) is 11.5 Å². The SMILES string of the molecule is Cc1ccc(-c2ccnc3c(C(=O)N4CCN(c5ccccc5F)CC4)cnn23)o1. The first-order chi connectivity index (χ1) is 14.6. The lowest BCUT2D eigenvalue weighted by Crippen LogP contribution is -2.49. The van der Waals surface area contributed by atoms with Crippen molar-refractivity contribution in [3.63, 3.8) is 0 Å². The van der Waals surface area contributed by atoms with Crippen LogP contribution in [-0.4, -0.2) is 51.6 Å². The first-order valence-electron chi connectivity index (χ1n) is 9.80. The Balaban J connectivity index is 1.38. The number of nitrogens with zero attached hydrogens (tertiary/aromatic N) is 5. The molecule has 0 unspecified atom stereocenters. The first-order valence-corrected chi connectivity index (χ1v) is 9.80. The third-order valence-electron chi connectivity index (χ3n) is 5.38. The van der Waals surface area contributed by atoms with E-state index in [2.05, 4.69) is 10.1 Å². The van der Waals surface area contributed by atoms with Crippen molar-refractivity contribution in [2.24, 2.45) is 0 Å². The summed E-state index contributed by atoms with van der Waals surface area (Å²) in [5.41, 5.74) is 2.24. The zero-order valence-corrected chi connectivity index (χ0v) is 16.5. The molecule has 30 heavy (non-hydrogen) atoms. The van der Waals surface area contributed by atoms with Crippen molar-refractivity contribution in [3.8, 4) is 11.5 Å². The van der Waals surface area contributed by atoms with Crippen LogP contribution in [0.25, 0.3) is 17.1 Å². The average Bonchev–Trinajstić information content (AvgIpc) is 3.40. The van der Waals surface area contributed by atoms with Crippen LogP contribution in [0.5, 0.6) is 0 Å². The van der Waals surface area contributed by atoms with Crippen molar-refractivity contribution in [2.75, 3.05) is 31.1 Å². The predicted molar refractivity (Wildman–Crippen MR) is 110 cm³/mol. The Bertz CT molecular complexity index is 1220. The van der Waals surface area contributed by atoms with Crippen molar-refractivity contribution >= 4 is 17.2 Å². The van der Waals surface area contributed by atoms with Crippen molar-refractivity contribution in [1.82, 2.24) is 19.5 Å². The number of hydrogen-bond acceptors (Lipinski definition) is 5. The summed E-state index contributed by atoms with van der Waals surface area (Å²) < 4.78 is 21.4. The summed E-state index contributed by atoms with van der Waals surface area (Å²) in [4.78, 5) is 21.3. The van der Waals surface area contributed by atoms with Crippen molar-refractivity contribution in [3.05, 3.63) is 72.0 Å². The van der Waals surface area contributed by atoms with Crippen LogP contribution in [0.15, 0.2) is 59.3 Å². The Hall–Kier alpha value is -3.68. The standard InChI is InChI=1S/C22H20FN5O2/c1-15-6-7-20(30-15)19-8-9-24-21-16(14-25-28(19)21)22(29)27-12-10-26(11-13-27)18-5-3-2-4-17(18)23/h2-9,14H,10-13H2,1H3. The third kappa shape index (κ3) is 3.10. The van der Waals surface area contributed by atoms with Gasteiger partial charge in [0.15, 0.2) is 11.4 Å². The highest BCUT2D eigenvalue weighted by atomic mass is 19.1. The van der Waals surface area contributed by atoms with Gasteiger partial charge in [-0.2, -0.15) is 5.10 Å². The molecule has 3 aromatic heterocycles. The molecule has 8 heteroatoms. The number of piperazine rings is 1. The summed E-state index contributed by atoms with van der Waals surface area (Å²) >= 11 is 0. The molecule has 0 bridgehead atoms. The summed E-state index contributed by atoms with van der Waals surface area (Å²) in [5.74, 6) is 1.09. The fourth-order valence-corrected chi connectivity index (χ4v) is 3.83. The summed E-state index contributed by atoms with van der Waals surface area (Å²) in [6.45, 7) is 4.01. The lowest BCUT2D eigenvalue weighted by molar-refractivity contribution is 0.0748. The van der Waals surface area contributed by atoms with Gasteiger partial charge in [-0.05, 0) is 37.3 Å². The van der Waals surface area contributed by atoms with Gasteiger partial charge in [-0.15, -0.1) is 0 Å². The van der Waals surface area contributed by atoms with Crippen LogP contribution >= 0.6 is 0 Å². The Morgan fingerprint density at radius 2 is 1.87 bits per heavy atom. The maximum Gasteiger partial charge on any atom is 0.259 e. The van der Waals surface area contributed by atoms with E-state index in [0.29, 0.717) is 48.8 Å². The molecule has 5 rings (SSSR count). The van der Waals surface area contributed by atoms with E-state index in [4.69, 9.17) is 4.42 Å². The zero-order valence-electron chi connectivity index (χ0n) is 16.5. The fraction of sp³-hybridized carbons (Fsp3) is 0.227. The van der Waals surface area contributed by atoms with E-state index in [1.165, 1.54) is 6.07 Å². The van der Waals surface area contributed by atoms with Crippen LogP contribution in [0.1, 0.15) is 16.1 Å². The zero-order chi connectivity index (χ0) is 20.7. The molecule has 1 fully saturated rings. The van der Waals surface area contributed by atoms with Gasteiger partial charge < -0.3 is 14.2 Å². The minimum absolute atomic E-state index is 0.126. The quantitative estimate of drug-likeness (QED) is 0.523. The second kappa shape index (κ2) is 7.29. The number of hydrogen-bond donors (Lipinski definition) is 0. The molecule has 0 radical (unpaired) electrons. The normalized spacial score (nSPS) is 14.5. The smallest absolute Gasteiger partial charge is 0.259 e. The number of rotatable bonds is 3. The van der Waals surface area contributed by atoms with Crippen LogP contribution in [0, 0.1) is 12.7 Å². The van der Waals surface area contributed by atoms with Crippen LogP contribution in [0.3, 0.4) is 0 Å². The number of furan rings is 1. The summed E-state index contributed by atoms with van der Waals surface area (Å²) in [6.07, 6.45) is 3.20. The molecule has 0 aliphatic carbocycles. The van der Waals surface area contributed by atoms with Gasteiger partial charge in [-0.25, -0.2) is 13.9 Å². The molecule has 152 valence electrons. The highest BCUT2D eigenvalue weighted by molar-refractivity contribution is 6.00. The third-order valence-corrected chi connectivity index (χ3v) is 5.38. The largest absolute Gasteiger partial charge is 0.460 e. The number of aromatic nitrogens is 3. The molecule has 1 aliphatic rings. The summed E-state index contributed by atoms with van der Waals surface area (Å²) in [5, 5.41) is 4.38.